The Kier molecular flexibility index (Phi) is 4.60. The summed E-state index contributed by atoms with van der Waals surface area (Å²) in [6.07, 6.45) is 4.59. The van der Waals surface area contributed by atoms with E-state index in [0.29, 0.717) is 18.2 Å². The Bertz CT molecular complexity index is 1090. The third-order valence-corrected chi connectivity index (χ3v) is 7.08. The predicted molar refractivity (Wildman–Crippen MR) is 114 cm³/mol. The van der Waals surface area contributed by atoms with Gasteiger partial charge in [-0.2, -0.15) is 5.10 Å². The van der Waals surface area contributed by atoms with Crippen LogP contribution in [0.1, 0.15) is 44.5 Å². The fourth-order valence-electron chi connectivity index (χ4n) is 4.24. The molecule has 2 aliphatic rings. The van der Waals surface area contributed by atoms with Gasteiger partial charge in [0, 0.05) is 22.9 Å². The van der Waals surface area contributed by atoms with Crippen LogP contribution >= 0.6 is 11.3 Å². The van der Waals surface area contributed by atoms with Crippen LogP contribution in [0.15, 0.2) is 30.5 Å². The van der Waals surface area contributed by atoms with Crippen LogP contribution in [0.5, 0.6) is 0 Å². The first-order valence-corrected chi connectivity index (χ1v) is 10.8. The van der Waals surface area contributed by atoms with E-state index >= 15 is 0 Å². The van der Waals surface area contributed by atoms with E-state index in [-0.39, 0.29) is 11.8 Å². The zero-order valence-electron chi connectivity index (χ0n) is 16.3. The molecule has 1 fully saturated rings. The third kappa shape index (κ3) is 3.32. The second-order valence-electron chi connectivity index (χ2n) is 7.78. The molecule has 0 bridgehead atoms. The zero-order chi connectivity index (χ0) is 20.0. The molecule has 0 radical (unpaired) electrons. The summed E-state index contributed by atoms with van der Waals surface area (Å²) in [7, 11) is 2.13. The van der Waals surface area contributed by atoms with Gasteiger partial charge < -0.3 is 15.5 Å². The highest BCUT2D eigenvalue weighted by molar-refractivity contribution is 7.21. The Hall–Kier alpha value is -2.71. The number of hydrogen-bond acceptors (Lipinski definition) is 5. The van der Waals surface area contributed by atoms with E-state index in [4.69, 9.17) is 0 Å². The van der Waals surface area contributed by atoms with E-state index < -0.39 is 0 Å². The maximum absolute atomic E-state index is 13.0. The molecule has 8 heteroatoms. The normalized spacial score (nSPS) is 17.9. The summed E-state index contributed by atoms with van der Waals surface area (Å²) in [5.74, 6) is 0.568. The Morgan fingerprint density at radius 2 is 2.10 bits per heavy atom. The van der Waals surface area contributed by atoms with Crippen LogP contribution in [0.2, 0.25) is 0 Å². The smallest absolute Gasteiger partial charge is 0.261 e. The monoisotopic (exact) mass is 409 g/mol. The summed E-state index contributed by atoms with van der Waals surface area (Å²) in [5, 5.41) is 11.4. The molecule has 0 saturated carbocycles. The van der Waals surface area contributed by atoms with Crippen molar-refractivity contribution < 1.29 is 9.59 Å². The van der Waals surface area contributed by atoms with Crippen LogP contribution in [-0.2, 0) is 6.42 Å². The Balaban J connectivity index is 1.40. The highest BCUT2D eigenvalue weighted by Crippen LogP contribution is 2.34. The van der Waals surface area contributed by atoms with Crippen molar-refractivity contribution in [3.05, 3.63) is 46.5 Å². The number of rotatable bonds is 3. The van der Waals surface area contributed by atoms with E-state index in [0.717, 1.165) is 58.7 Å². The van der Waals surface area contributed by atoms with Gasteiger partial charge in [0.1, 0.15) is 5.82 Å². The van der Waals surface area contributed by atoms with Crippen molar-refractivity contribution in [3.8, 4) is 0 Å². The molecule has 2 amide bonds. The van der Waals surface area contributed by atoms with E-state index in [9.17, 15) is 9.59 Å². The van der Waals surface area contributed by atoms with Crippen molar-refractivity contribution >= 4 is 39.1 Å². The third-order valence-electron chi connectivity index (χ3n) is 5.87. The van der Waals surface area contributed by atoms with Crippen molar-refractivity contribution in [2.24, 2.45) is 0 Å². The average molecular weight is 410 g/mol. The van der Waals surface area contributed by atoms with E-state index in [1.165, 1.54) is 11.3 Å². The minimum absolute atomic E-state index is 0.0134. The van der Waals surface area contributed by atoms with Gasteiger partial charge in [0.15, 0.2) is 0 Å². The van der Waals surface area contributed by atoms with Crippen molar-refractivity contribution in [1.29, 1.82) is 0 Å². The minimum atomic E-state index is -0.151. The SMILES string of the molecule is CN1CCC(n2nccc2NC(=O)c2ccc3sc4c(c3c2)CCNC4=O)CC1. The second kappa shape index (κ2) is 7.27. The Morgan fingerprint density at radius 1 is 1.28 bits per heavy atom. The van der Waals surface area contributed by atoms with Gasteiger partial charge in [0.25, 0.3) is 11.8 Å². The molecule has 29 heavy (non-hydrogen) atoms. The molecular formula is C21H23N5O2S. The van der Waals surface area contributed by atoms with Gasteiger partial charge in [-0.3, -0.25) is 9.59 Å². The zero-order valence-corrected chi connectivity index (χ0v) is 17.1. The first-order chi connectivity index (χ1) is 14.1. The van der Waals surface area contributed by atoms with Gasteiger partial charge in [-0.25, -0.2) is 4.68 Å². The van der Waals surface area contributed by atoms with Gasteiger partial charge >= 0.3 is 0 Å². The topological polar surface area (TPSA) is 79.3 Å². The number of hydrogen-bond donors (Lipinski definition) is 2. The van der Waals surface area contributed by atoms with Crippen LogP contribution in [0.4, 0.5) is 5.82 Å². The number of fused-ring (bicyclic) bond motifs is 3. The van der Waals surface area contributed by atoms with Gasteiger partial charge in [-0.15, -0.1) is 11.3 Å². The van der Waals surface area contributed by atoms with Crippen LogP contribution in [0, 0.1) is 0 Å². The number of aromatic nitrogens is 2. The molecule has 2 aliphatic heterocycles. The molecule has 1 saturated heterocycles. The molecule has 5 rings (SSSR count). The lowest BCUT2D eigenvalue weighted by molar-refractivity contribution is 0.0950. The molecule has 150 valence electrons. The van der Waals surface area contributed by atoms with Crippen molar-refractivity contribution in [2.45, 2.75) is 25.3 Å². The van der Waals surface area contributed by atoms with Crippen LogP contribution < -0.4 is 10.6 Å². The van der Waals surface area contributed by atoms with Gasteiger partial charge in [-0.1, -0.05) is 0 Å². The van der Waals surface area contributed by atoms with Gasteiger partial charge in [0.05, 0.1) is 17.1 Å². The Morgan fingerprint density at radius 3 is 2.93 bits per heavy atom. The standard InChI is InChI=1S/C21H23N5O2S/c1-25-10-6-14(7-11-25)26-18(5-9-23-26)24-20(27)13-2-3-17-16(12-13)15-4-8-22-21(28)19(15)29-17/h2-3,5,9,12,14H,4,6-8,10-11H2,1H3,(H,22,28)(H,24,27). The summed E-state index contributed by atoms with van der Waals surface area (Å²) < 4.78 is 2.99. The van der Waals surface area contributed by atoms with Crippen molar-refractivity contribution in [3.63, 3.8) is 0 Å². The largest absolute Gasteiger partial charge is 0.351 e. The first kappa shape index (κ1) is 18.3. The lowest BCUT2D eigenvalue weighted by atomic mass is 10.0. The molecular weight excluding hydrogens is 386 g/mol. The number of nitrogens with one attached hydrogen (secondary N) is 2. The number of amides is 2. The van der Waals surface area contributed by atoms with E-state index in [2.05, 4.69) is 27.7 Å². The fourth-order valence-corrected chi connectivity index (χ4v) is 5.38. The number of nitrogens with zero attached hydrogens (tertiary/aromatic N) is 3. The fraction of sp³-hybridized carbons (Fsp3) is 0.381. The van der Waals surface area contributed by atoms with Crippen LogP contribution in [-0.4, -0.2) is 53.2 Å². The maximum Gasteiger partial charge on any atom is 0.261 e. The summed E-state index contributed by atoms with van der Waals surface area (Å²) in [6.45, 7) is 2.71. The number of carbonyl (C=O) groups excluding carboxylic acids is 2. The maximum atomic E-state index is 13.0. The highest BCUT2D eigenvalue weighted by Gasteiger charge is 2.24. The predicted octanol–water partition coefficient (Wildman–Crippen LogP) is 2.90. The number of thiophene rings is 1. The number of carbonyl (C=O) groups is 2. The molecule has 3 aromatic rings. The minimum Gasteiger partial charge on any atom is -0.351 e. The van der Waals surface area contributed by atoms with Gasteiger partial charge in [-0.05, 0) is 68.5 Å². The van der Waals surface area contributed by atoms with Crippen LogP contribution in [0.3, 0.4) is 0 Å². The number of likely N-dealkylation sites (tertiary alicyclic amines) is 1. The van der Waals surface area contributed by atoms with E-state index in [1.54, 1.807) is 6.20 Å². The molecule has 0 unspecified atom stereocenters. The molecule has 0 aliphatic carbocycles. The van der Waals surface area contributed by atoms with Crippen LogP contribution in [0.25, 0.3) is 10.1 Å². The first-order valence-electron chi connectivity index (χ1n) is 9.97. The second-order valence-corrected chi connectivity index (χ2v) is 8.83. The van der Waals surface area contributed by atoms with Crippen molar-refractivity contribution in [1.82, 2.24) is 20.0 Å². The lowest BCUT2D eigenvalue weighted by Crippen LogP contribution is -2.32. The molecule has 2 aromatic heterocycles. The number of piperidine rings is 1. The van der Waals surface area contributed by atoms with E-state index in [1.807, 2.05) is 28.9 Å². The summed E-state index contributed by atoms with van der Waals surface area (Å²) >= 11 is 1.49. The summed E-state index contributed by atoms with van der Waals surface area (Å²) in [4.78, 5) is 28.1. The van der Waals surface area contributed by atoms with Gasteiger partial charge in [0.2, 0.25) is 0 Å². The molecule has 0 atom stereocenters. The van der Waals surface area contributed by atoms with Crippen molar-refractivity contribution in [2.75, 3.05) is 32.0 Å². The molecule has 1 aromatic carbocycles. The molecule has 0 spiro atoms. The lowest BCUT2D eigenvalue weighted by Gasteiger charge is -2.30. The Labute approximate surface area is 172 Å². The highest BCUT2D eigenvalue weighted by atomic mass is 32.1. The molecule has 7 nitrogen and oxygen atoms in total. The average Bonchev–Trinajstić information content (AvgIpc) is 3.33. The number of anilines is 1. The molecule has 2 N–H and O–H groups in total. The number of benzene rings is 1. The molecule has 4 heterocycles. The summed E-state index contributed by atoms with van der Waals surface area (Å²) in [6, 6.07) is 7.84. The quantitative estimate of drug-likeness (QED) is 0.697. The summed E-state index contributed by atoms with van der Waals surface area (Å²) in [5.41, 5.74) is 1.65.